The van der Waals surface area contributed by atoms with Gasteiger partial charge in [0.2, 0.25) is 0 Å². The van der Waals surface area contributed by atoms with Gasteiger partial charge in [-0.3, -0.25) is 9.69 Å². The van der Waals surface area contributed by atoms with Gasteiger partial charge in [-0.05, 0) is 64.5 Å². The Hall–Kier alpha value is -1.33. The van der Waals surface area contributed by atoms with Gasteiger partial charge in [-0.2, -0.15) is 0 Å². The van der Waals surface area contributed by atoms with Crippen LogP contribution in [-0.4, -0.2) is 61.0 Å². The molecule has 1 amide bonds. The van der Waals surface area contributed by atoms with E-state index in [1.807, 2.05) is 0 Å². The number of carbonyl (C=O) groups is 1. The summed E-state index contributed by atoms with van der Waals surface area (Å²) >= 11 is 0. The van der Waals surface area contributed by atoms with Gasteiger partial charge >= 0.3 is 0 Å². The lowest BCUT2D eigenvalue weighted by Crippen LogP contribution is -2.53. The van der Waals surface area contributed by atoms with E-state index in [0.717, 1.165) is 19.4 Å². The average molecular weight is 291 g/mol. The number of nitrogens with zero attached hydrogens (tertiary/aromatic N) is 2. The van der Waals surface area contributed by atoms with Crippen LogP contribution in [0.3, 0.4) is 0 Å². The fourth-order valence-corrected chi connectivity index (χ4v) is 3.48. The lowest BCUT2D eigenvalue weighted by atomic mass is 9.98. The number of hydrogen-bond acceptors (Lipinski definition) is 4. The number of carbonyl (C=O) groups excluding carboxylic acids is 1. The van der Waals surface area contributed by atoms with Crippen molar-refractivity contribution < 1.29 is 9.21 Å². The molecule has 0 aliphatic carbocycles. The van der Waals surface area contributed by atoms with Crippen molar-refractivity contribution in [2.75, 3.05) is 33.2 Å². The Balaban J connectivity index is 1.52. The SMILES string of the molecule is CN1CCC(N2CCC[C@H](NC(=O)c3ccco3)C2)CC1. The number of rotatable bonds is 3. The molecule has 2 fully saturated rings. The van der Waals surface area contributed by atoms with Crippen LogP contribution >= 0.6 is 0 Å². The van der Waals surface area contributed by atoms with Crippen LogP contribution < -0.4 is 5.32 Å². The van der Waals surface area contributed by atoms with E-state index in [2.05, 4.69) is 22.2 Å². The third kappa shape index (κ3) is 3.66. The fraction of sp³-hybridized carbons (Fsp3) is 0.688. The van der Waals surface area contributed by atoms with Crippen LogP contribution in [0.5, 0.6) is 0 Å². The molecule has 2 saturated heterocycles. The third-order valence-electron chi connectivity index (χ3n) is 4.74. The summed E-state index contributed by atoms with van der Waals surface area (Å²) in [6.07, 6.45) is 6.26. The minimum absolute atomic E-state index is 0.0878. The first-order valence-corrected chi connectivity index (χ1v) is 7.99. The summed E-state index contributed by atoms with van der Waals surface area (Å²) in [7, 11) is 2.19. The van der Waals surface area contributed by atoms with Crippen LogP contribution in [0.4, 0.5) is 0 Å². The summed E-state index contributed by atoms with van der Waals surface area (Å²) in [6.45, 7) is 4.51. The van der Waals surface area contributed by atoms with Crippen molar-refractivity contribution in [1.29, 1.82) is 0 Å². The first-order chi connectivity index (χ1) is 10.2. The molecule has 0 bridgehead atoms. The van der Waals surface area contributed by atoms with Gasteiger partial charge in [0, 0.05) is 18.6 Å². The second kappa shape index (κ2) is 6.62. The second-order valence-electron chi connectivity index (χ2n) is 6.32. The number of piperidine rings is 2. The monoisotopic (exact) mass is 291 g/mol. The number of furan rings is 1. The maximum Gasteiger partial charge on any atom is 0.287 e. The number of hydrogen-bond donors (Lipinski definition) is 1. The van der Waals surface area contributed by atoms with Crippen LogP contribution in [0, 0.1) is 0 Å². The van der Waals surface area contributed by atoms with E-state index in [9.17, 15) is 4.79 Å². The second-order valence-corrected chi connectivity index (χ2v) is 6.32. The van der Waals surface area contributed by atoms with Crippen molar-refractivity contribution >= 4 is 5.91 Å². The zero-order valence-corrected chi connectivity index (χ0v) is 12.8. The summed E-state index contributed by atoms with van der Waals surface area (Å²) in [6, 6.07) is 4.40. The molecule has 3 heterocycles. The molecular weight excluding hydrogens is 266 g/mol. The Morgan fingerprint density at radius 1 is 1.29 bits per heavy atom. The van der Waals surface area contributed by atoms with Crippen LogP contribution in [0.15, 0.2) is 22.8 Å². The van der Waals surface area contributed by atoms with Gasteiger partial charge in [-0.1, -0.05) is 0 Å². The van der Waals surface area contributed by atoms with Crippen molar-refractivity contribution in [1.82, 2.24) is 15.1 Å². The molecule has 116 valence electrons. The van der Waals surface area contributed by atoms with E-state index in [0.29, 0.717) is 11.8 Å². The highest BCUT2D eigenvalue weighted by atomic mass is 16.3. The quantitative estimate of drug-likeness (QED) is 0.918. The molecule has 0 aromatic carbocycles. The summed E-state index contributed by atoms with van der Waals surface area (Å²) < 4.78 is 5.16. The van der Waals surface area contributed by atoms with Gasteiger partial charge in [0.05, 0.1) is 6.26 Å². The highest BCUT2D eigenvalue weighted by Gasteiger charge is 2.29. The number of likely N-dealkylation sites (tertiary alicyclic amines) is 2. The fourth-order valence-electron chi connectivity index (χ4n) is 3.48. The topological polar surface area (TPSA) is 48.7 Å². The van der Waals surface area contributed by atoms with E-state index in [1.54, 1.807) is 18.4 Å². The van der Waals surface area contributed by atoms with Crippen molar-refractivity contribution in [3.05, 3.63) is 24.2 Å². The Morgan fingerprint density at radius 2 is 2.10 bits per heavy atom. The summed E-state index contributed by atoms with van der Waals surface area (Å²) in [5, 5.41) is 3.11. The Kier molecular flexibility index (Phi) is 4.60. The molecular formula is C16H25N3O2. The maximum atomic E-state index is 12.1. The molecule has 5 heteroatoms. The average Bonchev–Trinajstić information content (AvgIpc) is 3.02. The first-order valence-electron chi connectivity index (χ1n) is 7.99. The van der Waals surface area contributed by atoms with Gasteiger partial charge in [0.15, 0.2) is 5.76 Å². The van der Waals surface area contributed by atoms with Gasteiger partial charge in [0.25, 0.3) is 5.91 Å². The molecule has 0 spiro atoms. The van der Waals surface area contributed by atoms with Crippen LogP contribution in [-0.2, 0) is 0 Å². The Bertz CT molecular complexity index is 452. The minimum Gasteiger partial charge on any atom is -0.459 e. The van der Waals surface area contributed by atoms with Gasteiger partial charge < -0.3 is 14.6 Å². The molecule has 3 rings (SSSR count). The largest absolute Gasteiger partial charge is 0.459 e. The zero-order valence-electron chi connectivity index (χ0n) is 12.8. The predicted octanol–water partition coefficient (Wildman–Crippen LogP) is 1.57. The summed E-state index contributed by atoms with van der Waals surface area (Å²) in [4.78, 5) is 17.0. The molecule has 1 aromatic rings. The smallest absolute Gasteiger partial charge is 0.287 e. The molecule has 21 heavy (non-hydrogen) atoms. The molecule has 1 aromatic heterocycles. The Morgan fingerprint density at radius 3 is 2.81 bits per heavy atom. The third-order valence-corrected chi connectivity index (χ3v) is 4.74. The molecule has 2 aliphatic rings. The molecule has 5 nitrogen and oxygen atoms in total. The highest BCUT2D eigenvalue weighted by molar-refractivity contribution is 5.91. The number of amides is 1. The zero-order chi connectivity index (χ0) is 14.7. The number of nitrogens with one attached hydrogen (secondary N) is 1. The molecule has 0 unspecified atom stereocenters. The van der Waals surface area contributed by atoms with Crippen LogP contribution in [0.1, 0.15) is 36.2 Å². The van der Waals surface area contributed by atoms with Crippen molar-refractivity contribution in [2.24, 2.45) is 0 Å². The maximum absolute atomic E-state index is 12.1. The van der Waals surface area contributed by atoms with E-state index < -0.39 is 0 Å². The van der Waals surface area contributed by atoms with E-state index in [1.165, 1.54) is 32.5 Å². The van der Waals surface area contributed by atoms with Gasteiger partial charge in [-0.25, -0.2) is 0 Å². The highest BCUT2D eigenvalue weighted by Crippen LogP contribution is 2.20. The molecule has 1 N–H and O–H groups in total. The standard InChI is InChI=1S/C16H25N3O2/c1-18-9-6-14(7-10-18)19-8-2-4-13(12-19)17-16(20)15-5-3-11-21-15/h3,5,11,13-14H,2,4,6-10,12H2,1H3,(H,17,20)/t13-/m0/s1. The lowest BCUT2D eigenvalue weighted by molar-refractivity contribution is 0.0750. The van der Waals surface area contributed by atoms with Gasteiger partial charge in [-0.15, -0.1) is 0 Å². The molecule has 0 saturated carbocycles. The molecule has 0 radical (unpaired) electrons. The first kappa shape index (κ1) is 14.6. The molecule has 2 aliphatic heterocycles. The summed E-state index contributed by atoms with van der Waals surface area (Å²) in [5.74, 6) is 0.321. The summed E-state index contributed by atoms with van der Waals surface area (Å²) in [5.41, 5.74) is 0. The van der Waals surface area contributed by atoms with E-state index >= 15 is 0 Å². The van der Waals surface area contributed by atoms with Crippen LogP contribution in [0.2, 0.25) is 0 Å². The normalized spacial score (nSPS) is 25.9. The molecule has 1 atom stereocenters. The van der Waals surface area contributed by atoms with Crippen molar-refractivity contribution in [3.8, 4) is 0 Å². The minimum atomic E-state index is -0.0878. The van der Waals surface area contributed by atoms with E-state index in [-0.39, 0.29) is 11.9 Å². The lowest BCUT2D eigenvalue weighted by Gasteiger charge is -2.41. The van der Waals surface area contributed by atoms with Gasteiger partial charge in [0.1, 0.15) is 0 Å². The Labute approximate surface area is 126 Å². The van der Waals surface area contributed by atoms with Crippen molar-refractivity contribution in [2.45, 2.75) is 37.8 Å². The van der Waals surface area contributed by atoms with Crippen LogP contribution in [0.25, 0.3) is 0 Å². The predicted molar refractivity (Wildman–Crippen MR) is 81.3 cm³/mol. The van der Waals surface area contributed by atoms with E-state index in [4.69, 9.17) is 4.42 Å². The van der Waals surface area contributed by atoms with Crippen molar-refractivity contribution in [3.63, 3.8) is 0 Å².